The average molecular weight is 375 g/mol. The first-order valence-corrected chi connectivity index (χ1v) is 7.65. The summed E-state index contributed by atoms with van der Waals surface area (Å²) in [4.78, 5) is 39.0. The van der Waals surface area contributed by atoms with E-state index in [1.807, 2.05) is 0 Å². The second-order valence-corrected chi connectivity index (χ2v) is 5.54. The summed E-state index contributed by atoms with van der Waals surface area (Å²) in [5.74, 6) is -2.59. The number of carbonyl (C=O) groups is 3. The third kappa shape index (κ3) is 3.65. The number of esters is 1. The number of halogens is 1. The first-order valence-electron chi connectivity index (χ1n) is 7.27. The maximum atomic E-state index is 12.1. The predicted octanol–water partition coefficient (Wildman–Crippen LogP) is 2.97. The molecule has 3 rings (SSSR count). The lowest BCUT2D eigenvalue weighted by molar-refractivity contribution is -0.119. The number of aromatic carboxylic acids is 1. The number of benzene rings is 2. The second kappa shape index (κ2) is 7.24. The molecule has 1 aromatic heterocycles. The summed E-state index contributed by atoms with van der Waals surface area (Å²) in [6, 6.07) is 8.74. The minimum atomic E-state index is -1.22. The van der Waals surface area contributed by atoms with Gasteiger partial charge in [0.2, 0.25) is 0 Å². The van der Waals surface area contributed by atoms with E-state index < -0.39 is 24.5 Å². The molecule has 0 fully saturated rings. The maximum absolute atomic E-state index is 12.1. The summed E-state index contributed by atoms with van der Waals surface area (Å²) in [6.45, 7) is -0.557. The van der Waals surface area contributed by atoms with Gasteiger partial charge in [-0.05, 0) is 30.3 Å². The van der Waals surface area contributed by atoms with Crippen molar-refractivity contribution >= 4 is 46.2 Å². The maximum Gasteiger partial charge on any atom is 0.340 e. The summed E-state index contributed by atoms with van der Waals surface area (Å²) >= 11 is 5.76. The number of nitrogens with one attached hydrogen (secondary N) is 1. The minimum absolute atomic E-state index is 0.0441. The molecule has 8 nitrogen and oxygen atoms in total. The number of hydrogen-bond acceptors (Lipinski definition) is 6. The fourth-order valence-corrected chi connectivity index (χ4v) is 2.42. The van der Waals surface area contributed by atoms with Gasteiger partial charge in [-0.25, -0.2) is 14.6 Å². The van der Waals surface area contributed by atoms with E-state index in [1.165, 1.54) is 30.7 Å². The Bertz CT molecular complexity index is 1010. The van der Waals surface area contributed by atoms with Crippen LogP contribution in [0.2, 0.25) is 5.02 Å². The van der Waals surface area contributed by atoms with Crippen LogP contribution in [-0.2, 0) is 9.53 Å². The van der Waals surface area contributed by atoms with Crippen molar-refractivity contribution in [3.8, 4) is 0 Å². The number of hydrogen-bond donors (Lipinski definition) is 2. The van der Waals surface area contributed by atoms with Gasteiger partial charge in [-0.1, -0.05) is 17.7 Å². The van der Waals surface area contributed by atoms with Gasteiger partial charge in [0.15, 0.2) is 18.6 Å². The second-order valence-electron chi connectivity index (χ2n) is 5.13. The molecule has 0 aliphatic rings. The molecule has 0 aliphatic carbocycles. The number of carboxylic acids is 1. The topological polar surface area (TPSA) is 119 Å². The van der Waals surface area contributed by atoms with E-state index in [2.05, 4.69) is 10.3 Å². The van der Waals surface area contributed by atoms with Gasteiger partial charge < -0.3 is 19.6 Å². The summed E-state index contributed by atoms with van der Waals surface area (Å²) < 4.78 is 10.1. The molecule has 0 saturated carbocycles. The Labute approximate surface area is 151 Å². The summed E-state index contributed by atoms with van der Waals surface area (Å²) in [5.41, 5.74) is 0.988. The van der Waals surface area contributed by atoms with Gasteiger partial charge in [0.05, 0.1) is 16.1 Å². The number of ether oxygens (including phenoxy) is 1. The SMILES string of the molecule is O=C(COC(=O)c1cccc2ocnc12)Nc1ccc(Cl)c(C(=O)O)c1. The van der Waals surface area contributed by atoms with Crippen molar-refractivity contribution in [3.05, 3.63) is 58.9 Å². The summed E-state index contributed by atoms with van der Waals surface area (Å²) in [5, 5.41) is 11.5. The third-order valence-corrected chi connectivity index (χ3v) is 3.72. The largest absolute Gasteiger partial charge is 0.478 e. The number of carbonyl (C=O) groups excluding carboxylic acids is 2. The molecule has 132 valence electrons. The molecule has 3 aromatic rings. The van der Waals surface area contributed by atoms with Gasteiger partial charge in [-0.2, -0.15) is 0 Å². The highest BCUT2D eigenvalue weighted by Crippen LogP contribution is 2.21. The lowest BCUT2D eigenvalue weighted by Gasteiger charge is -2.08. The van der Waals surface area contributed by atoms with Gasteiger partial charge in [0.25, 0.3) is 5.91 Å². The van der Waals surface area contributed by atoms with E-state index >= 15 is 0 Å². The number of aromatic nitrogens is 1. The molecule has 0 aliphatic heterocycles. The Morgan fingerprint density at radius 2 is 2.00 bits per heavy atom. The zero-order chi connectivity index (χ0) is 18.7. The Morgan fingerprint density at radius 3 is 2.77 bits per heavy atom. The van der Waals surface area contributed by atoms with Crippen LogP contribution in [0.5, 0.6) is 0 Å². The molecule has 0 saturated heterocycles. The molecule has 0 spiro atoms. The smallest absolute Gasteiger partial charge is 0.340 e. The van der Waals surface area contributed by atoms with E-state index in [-0.39, 0.29) is 21.8 Å². The number of nitrogens with zero attached hydrogens (tertiary/aromatic N) is 1. The molecule has 0 atom stereocenters. The van der Waals surface area contributed by atoms with Crippen molar-refractivity contribution in [1.82, 2.24) is 4.98 Å². The van der Waals surface area contributed by atoms with Crippen LogP contribution in [0.25, 0.3) is 11.1 Å². The molecule has 0 radical (unpaired) electrons. The van der Waals surface area contributed by atoms with Crippen LogP contribution >= 0.6 is 11.6 Å². The zero-order valence-electron chi connectivity index (χ0n) is 13.1. The van der Waals surface area contributed by atoms with E-state index in [1.54, 1.807) is 12.1 Å². The first-order chi connectivity index (χ1) is 12.5. The standard InChI is InChI=1S/C17H11ClN2O6/c18-12-5-4-9(6-11(12)16(22)23)20-14(21)7-25-17(24)10-2-1-3-13-15(10)19-8-26-13/h1-6,8H,7H2,(H,20,21)(H,22,23). The molecular weight excluding hydrogens is 364 g/mol. The fourth-order valence-electron chi connectivity index (χ4n) is 2.22. The highest BCUT2D eigenvalue weighted by molar-refractivity contribution is 6.33. The van der Waals surface area contributed by atoms with Gasteiger partial charge >= 0.3 is 11.9 Å². The van der Waals surface area contributed by atoms with Gasteiger partial charge in [0, 0.05) is 5.69 Å². The van der Waals surface area contributed by atoms with E-state index in [0.29, 0.717) is 11.1 Å². The van der Waals surface area contributed by atoms with Crippen LogP contribution in [0.4, 0.5) is 5.69 Å². The van der Waals surface area contributed by atoms with Crippen molar-refractivity contribution in [2.75, 3.05) is 11.9 Å². The van der Waals surface area contributed by atoms with Crippen LogP contribution in [0, 0.1) is 0 Å². The number of anilines is 1. The van der Waals surface area contributed by atoms with E-state index in [0.717, 1.165) is 0 Å². The summed E-state index contributed by atoms with van der Waals surface area (Å²) in [6.07, 6.45) is 1.20. The molecule has 1 heterocycles. The molecule has 9 heteroatoms. The van der Waals surface area contributed by atoms with Gasteiger partial charge in [-0.15, -0.1) is 0 Å². The van der Waals surface area contributed by atoms with Gasteiger partial charge in [-0.3, -0.25) is 4.79 Å². The monoisotopic (exact) mass is 374 g/mol. The number of oxazole rings is 1. The molecule has 26 heavy (non-hydrogen) atoms. The molecular formula is C17H11ClN2O6. The van der Waals surface area contributed by atoms with Crippen LogP contribution in [0.1, 0.15) is 20.7 Å². The van der Waals surface area contributed by atoms with Gasteiger partial charge in [0.1, 0.15) is 5.52 Å². The summed E-state index contributed by atoms with van der Waals surface area (Å²) in [7, 11) is 0. The van der Waals surface area contributed by atoms with E-state index in [4.69, 9.17) is 25.9 Å². The average Bonchev–Trinajstić information content (AvgIpc) is 3.09. The van der Waals surface area contributed by atoms with Crippen LogP contribution < -0.4 is 5.32 Å². The van der Waals surface area contributed by atoms with E-state index in [9.17, 15) is 14.4 Å². The Kier molecular flexibility index (Phi) is 4.85. The Balaban J connectivity index is 1.64. The lowest BCUT2D eigenvalue weighted by Crippen LogP contribution is -2.21. The molecule has 2 aromatic carbocycles. The third-order valence-electron chi connectivity index (χ3n) is 3.40. The quantitative estimate of drug-likeness (QED) is 0.659. The van der Waals surface area contributed by atoms with Crippen molar-refractivity contribution in [2.45, 2.75) is 0 Å². The minimum Gasteiger partial charge on any atom is -0.478 e. The number of amides is 1. The lowest BCUT2D eigenvalue weighted by atomic mass is 10.2. The molecule has 2 N–H and O–H groups in total. The van der Waals surface area contributed by atoms with Crippen LogP contribution in [-0.4, -0.2) is 34.5 Å². The highest BCUT2D eigenvalue weighted by atomic mass is 35.5. The predicted molar refractivity (Wildman–Crippen MR) is 91.3 cm³/mol. The Morgan fingerprint density at radius 1 is 1.19 bits per heavy atom. The van der Waals surface area contributed by atoms with Crippen molar-refractivity contribution in [3.63, 3.8) is 0 Å². The Hall–Kier alpha value is -3.39. The molecule has 1 amide bonds. The zero-order valence-corrected chi connectivity index (χ0v) is 13.8. The number of fused-ring (bicyclic) bond motifs is 1. The van der Waals surface area contributed by atoms with Crippen molar-refractivity contribution < 1.29 is 28.6 Å². The molecule has 0 unspecified atom stereocenters. The highest BCUT2D eigenvalue weighted by Gasteiger charge is 2.16. The van der Waals surface area contributed by atoms with Crippen molar-refractivity contribution in [2.24, 2.45) is 0 Å². The number of rotatable bonds is 5. The number of para-hydroxylation sites is 1. The molecule has 0 bridgehead atoms. The first kappa shape index (κ1) is 17.4. The number of carboxylic acid groups (broad SMARTS) is 1. The normalized spacial score (nSPS) is 10.5. The van der Waals surface area contributed by atoms with Crippen LogP contribution in [0.15, 0.2) is 47.2 Å². The van der Waals surface area contributed by atoms with Crippen LogP contribution in [0.3, 0.4) is 0 Å². The van der Waals surface area contributed by atoms with Crippen molar-refractivity contribution in [1.29, 1.82) is 0 Å². The fraction of sp³-hybridized carbons (Fsp3) is 0.0588.